The summed E-state index contributed by atoms with van der Waals surface area (Å²) in [5, 5.41) is 4.65. The number of nitrogens with one attached hydrogen (secondary N) is 1. The quantitative estimate of drug-likeness (QED) is 0.140. The van der Waals surface area contributed by atoms with Gasteiger partial charge in [-0.1, -0.05) is 41.9 Å². The average Bonchev–Trinajstić information content (AvgIpc) is 3.03. The first kappa shape index (κ1) is 32.2. The number of halogens is 1. The molecule has 4 aromatic carbocycles. The molecule has 0 heterocycles. The van der Waals surface area contributed by atoms with E-state index in [-0.39, 0.29) is 10.6 Å². The van der Waals surface area contributed by atoms with Crippen molar-refractivity contribution < 1.29 is 32.2 Å². The first-order valence-corrected chi connectivity index (χ1v) is 15.3. The molecule has 0 unspecified atom stereocenters. The van der Waals surface area contributed by atoms with Gasteiger partial charge in [0.1, 0.15) is 13.2 Å². The lowest BCUT2D eigenvalue weighted by Crippen LogP contribution is -2.39. The molecule has 1 amide bonds. The van der Waals surface area contributed by atoms with Crippen LogP contribution in [-0.2, 0) is 21.4 Å². The molecule has 0 atom stereocenters. The third kappa shape index (κ3) is 8.21. The first-order chi connectivity index (χ1) is 21.2. The zero-order chi connectivity index (χ0) is 31.5. The second-order valence-electron chi connectivity index (χ2n) is 9.21. The van der Waals surface area contributed by atoms with E-state index in [1.165, 1.54) is 38.6 Å². The van der Waals surface area contributed by atoms with Gasteiger partial charge in [-0.2, -0.15) is 5.10 Å². The molecule has 0 saturated carbocycles. The summed E-state index contributed by atoms with van der Waals surface area (Å²) in [4.78, 5) is 12.9. The van der Waals surface area contributed by atoms with Gasteiger partial charge in [0, 0.05) is 11.1 Å². The minimum absolute atomic E-state index is 0.0728. The van der Waals surface area contributed by atoms with Gasteiger partial charge in [0.2, 0.25) is 0 Å². The zero-order valence-corrected chi connectivity index (χ0v) is 26.0. The van der Waals surface area contributed by atoms with Crippen molar-refractivity contribution in [2.75, 3.05) is 31.7 Å². The van der Waals surface area contributed by atoms with Crippen molar-refractivity contribution in [3.63, 3.8) is 0 Å². The van der Waals surface area contributed by atoms with Gasteiger partial charge in [0.25, 0.3) is 15.9 Å². The third-order valence-electron chi connectivity index (χ3n) is 6.23. The number of benzene rings is 4. The molecule has 4 rings (SSSR count). The lowest BCUT2D eigenvalue weighted by Gasteiger charge is -2.24. The first-order valence-electron chi connectivity index (χ1n) is 13.5. The highest BCUT2D eigenvalue weighted by Crippen LogP contribution is 2.32. The molecule has 0 aliphatic rings. The third-order valence-corrected chi connectivity index (χ3v) is 8.23. The number of amides is 1. The highest BCUT2D eigenvalue weighted by molar-refractivity contribution is 7.92. The summed E-state index contributed by atoms with van der Waals surface area (Å²) in [7, 11) is -1.32. The Morgan fingerprint density at radius 1 is 0.864 bits per heavy atom. The maximum atomic E-state index is 13.7. The lowest BCUT2D eigenvalue weighted by atomic mass is 10.2. The number of ether oxygens (including phenoxy) is 4. The van der Waals surface area contributed by atoms with Gasteiger partial charge in [-0.15, -0.1) is 0 Å². The summed E-state index contributed by atoms with van der Waals surface area (Å²) in [5.41, 5.74) is 4.25. The van der Waals surface area contributed by atoms with Crippen LogP contribution in [0.2, 0.25) is 5.02 Å². The van der Waals surface area contributed by atoms with Crippen LogP contribution in [0.4, 0.5) is 5.69 Å². The number of carbonyl (C=O) groups excluding carboxylic acids is 1. The van der Waals surface area contributed by atoms with Gasteiger partial charge in [0.05, 0.1) is 37.6 Å². The van der Waals surface area contributed by atoms with E-state index in [0.717, 1.165) is 9.87 Å². The van der Waals surface area contributed by atoms with Gasteiger partial charge in [-0.05, 0) is 72.6 Å². The van der Waals surface area contributed by atoms with Crippen molar-refractivity contribution in [1.82, 2.24) is 5.43 Å². The number of anilines is 1. The number of nitrogens with zero attached hydrogens (tertiary/aromatic N) is 2. The Morgan fingerprint density at radius 2 is 1.61 bits per heavy atom. The predicted octanol–water partition coefficient (Wildman–Crippen LogP) is 5.68. The monoisotopic (exact) mass is 637 g/mol. The van der Waals surface area contributed by atoms with Crippen LogP contribution in [-0.4, -0.2) is 47.9 Å². The van der Waals surface area contributed by atoms with Crippen LogP contribution in [0.1, 0.15) is 18.1 Å². The summed E-state index contributed by atoms with van der Waals surface area (Å²) in [6.45, 7) is 2.04. The van der Waals surface area contributed by atoms with E-state index in [1.807, 2.05) is 25.1 Å². The summed E-state index contributed by atoms with van der Waals surface area (Å²) >= 11 is 6.06. The minimum Gasteiger partial charge on any atom is -0.493 e. The Morgan fingerprint density at radius 3 is 2.32 bits per heavy atom. The molecule has 0 radical (unpaired) electrons. The summed E-state index contributed by atoms with van der Waals surface area (Å²) in [6.07, 6.45) is 1.43. The number of para-hydroxylation sites is 1. The van der Waals surface area contributed by atoms with Crippen LogP contribution in [0.15, 0.2) is 101 Å². The normalized spacial score (nSPS) is 11.2. The maximum Gasteiger partial charge on any atom is 0.264 e. The summed E-state index contributed by atoms with van der Waals surface area (Å²) < 4.78 is 50.6. The van der Waals surface area contributed by atoms with Gasteiger partial charge in [-0.25, -0.2) is 13.8 Å². The van der Waals surface area contributed by atoms with Crippen molar-refractivity contribution in [3.05, 3.63) is 107 Å². The minimum atomic E-state index is -4.18. The van der Waals surface area contributed by atoms with Crippen molar-refractivity contribution in [1.29, 1.82) is 0 Å². The fraction of sp³-hybridized carbons (Fsp3) is 0.188. The summed E-state index contributed by atoms with van der Waals surface area (Å²) in [5.74, 6) is 0.995. The van der Waals surface area contributed by atoms with Crippen LogP contribution in [0.5, 0.6) is 23.0 Å². The number of rotatable bonds is 14. The molecule has 1 N–H and O–H groups in total. The molecule has 230 valence electrons. The lowest BCUT2D eigenvalue weighted by molar-refractivity contribution is -0.119. The summed E-state index contributed by atoms with van der Waals surface area (Å²) in [6, 6.07) is 25.1. The number of sulfonamides is 1. The number of hydrogen-bond acceptors (Lipinski definition) is 8. The number of methoxy groups -OCH3 is 2. The number of hydrogen-bond donors (Lipinski definition) is 1. The number of carbonyl (C=O) groups is 1. The fourth-order valence-electron chi connectivity index (χ4n) is 4.14. The molecule has 44 heavy (non-hydrogen) atoms. The predicted molar refractivity (Wildman–Crippen MR) is 170 cm³/mol. The molecule has 0 aromatic heterocycles. The van der Waals surface area contributed by atoms with Gasteiger partial charge in [0.15, 0.2) is 23.0 Å². The molecule has 0 fully saturated rings. The molecule has 0 bridgehead atoms. The average molecular weight is 638 g/mol. The van der Waals surface area contributed by atoms with Crippen LogP contribution in [0.3, 0.4) is 0 Å². The van der Waals surface area contributed by atoms with E-state index in [0.29, 0.717) is 46.7 Å². The van der Waals surface area contributed by atoms with E-state index in [1.54, 1.807) is 54.6 Å². The van der Waals surface area contributed by atoms with Crippen molar-refractivity contribution >= 4 is 39.4 Å². The van der Waals surface area contributed by atoms with Crippen LogP contribution in [0, 0.1) is 0 Å². The number of hydrazone groups is 1. The Bertz CT molecular complexity index is 1720. The van der Waals surface area contributed by atoms with E-state index >= 15 is 0 Å². The Hall–Kier alpha value is -4.74. The Kier molecular flexibility index (Phi) is 11.1. The van der Waals surface area contributed by atoms with Crippen molar-refractivity contribution in [3.8, 4) is 23.0 Å². The molecule has 0 aliphatic carbocycles. The Balaban J connectivity index is 1.48. The van der Waals surface area contributed by atoms with Gasteiger partial charge < -0.3 is 18.9 Å². The van der Waals surface area contributed by atoms with Crippen molar-refractivity contribution in [2.45, 2.75) is 18.4 Å². The molecule has 0 aliphatic heterocycles. The zero-order valence-electron chi connectivity index (χ0n) is 24.4. The van der Waals surface area contributed by atoms with E-state index in [4.69, 9.17) is 30.5 Å². The van der Waals surface area contributed by atoms with Crippen LogP contribution >= 0.6 is 11.6 Å². The van der Waals surface area contributed by atoms with Crippen LogP contribution in [0.25, 0.3) is 0 Å². The molecular formula is C32H32ClN3O7S. The Labute approximate surface area is 261 Å². The molecule has 10 nitrogen and oxygen atoms in total. The highest BCUT2D eigenvalue weighted by Gasteiger charge is 2.28. The van der Waals surface area contributed by atoms with Crippen molar-refractivity contribution in [2.24, 2.45) is 5.10 Å². The molecule has 0 saturated heterocycles. The molecule has 12 heteroatoms. The van der Waals surface area contributed by atoms with E-state index < -0.39 is 22.5 Å². The largest absolute Gasteiger partial charge is 0.493 e. The molecule has 4 aromatic rings. The second-order valence-corrected chi connectivity index (χ2v) is 11.5. The van der Waals surface area contributed by atoms with Gasteiger partial charge in [-0.3, -0.25) is 9.10 Å². The topological polar surface area (TPSA) is 116 Å². The van der Waals surface area contributed by atoms with E-state index in [9.17, 15) is 13.2 Å². The van der Waals surface area contributed by atoms with Gasteiger partial charge >= 0.3 is 0 Å². The maximum absolute atomic E-state index is 13.7. The highest BCUT2D eigenvalue weighted by atomic mass is 35.5. The standard InChI is InChI=1S/C32H32ClN3O7S/c1-4-42-31-18-23(13-15-29(31)43-22-24-9-8-10-25(33)17-24)20-34-35-32(37)21-36(26-11-6-5-7-12-26)44(38,39)27-14-16-28(40-2)30(19-27)41-3/h5-20H,4,21-22H2,1-3H3,(H,35,37)/b34-20-. The fourth-order valence-corrected chi connectivity index (χ4v) is 5.79. The molecular weight excluding hydrogens is 606 g/mol. The SMILES string of the molecule is CCOc1cc(/C=N\NC(=O)CN(c2ccccc2)S(=O)(=O)c2ccc(OC)c(OC)c2)ccc1OCc1cccc(Cl)c1. The second kappa shape index (κ2) is 15.1. The van der Waals surface area contributed by atoms with E-state index in [2.05, 4.69) is 10.5 Å². The van der Waals surface area contributed by atoms with Crippen LogP contribution < -0.4 is 28.7 Å². The molecule has 0 spiro atoms. The smallest absolute Gasteiger partial charge is 0.264 e.